The van der Waals surface area contributed by atoms with E-state index in [1.807, 2.05) is 12.1 Å². The van der Waals surface area contributed by atoms with Gasteiger partial charge >= 0.3 is 0 Å². The molecule has 1 saturated heterocycles. The number of carbonyl (C=O) groups is 2. The Kier molecular flexibility index (Phi) is 8.46. The SMILES string of the molecule is C=CC(=O)Nc1cccc(NC(=O)C(C)(C)c2ccnc(Nc3ccc(N4CCN(C)CC4)cc3OC)n2)c1. The van der Waals surface area contributed by atoms with Crippen molar-refractivity contribution in [2.45, 2.75) is 19.3 Å². The third kappa shape index (κ3) is 6.71. The van der Waals surface area contributed by atoms with Gasteiger partial charge in [-0.25, -0.2) is 9.97 Å². The van der Waals surface area contributed by atoms with E-state index in [2.05, 4.69) is 55.4 Å². The largest absolute Gasteiger partial charge is 0.494 e. The van der Waals surface area contributed by atoms with Crippen LogP contribution in [0.5, 0.6) is 5.75 Å². The van der Waals surface area contributed by atoms with Gasteiger partial charge in [-0.2, -0.15) is 0 Å². The maximum absolute atomic E-state index is 13.3. The van der Waals surface area contributed by atoms with Crippen molar-refractivity contribution in [1.82, 2.24) is 14.9 Å². The van der Waals surface area contributed by atoms with Crippen molar-refractivity contribution in [3.05, 3.63) is 73.1 Å². The molecule has 4 rings (SSSR count). The zero-order valence-corrected chi connectivity index (χ0v) is 22.8. The van der Waals surface area contributed by atoms with Gasteiger partial charge < -0.3 is 30.5 Å². The van der Waals surface area contributed by atoms with Gasteiger partial charge in [0.15, 0.2) is 0 Å². The molecule has 1 aliphatic heterocycles. The van der Waals surface area contributed by atoms with Crippen LogP contribution in [0.25, 0.3) is 0 Å². The van der Waals surface area contributed by atoms with Gasteiger partial charge in [-0.1, -0.05) is 12.6 Å². The average molecular weight is 530 g/mol. The van der Waals surface area contributed by atoms with E-state index in [4.69, 9.17) is 4.74 Å². The van der Waals surface area contributed by atoms with Gasteiger partial charge in [0.05, 0.1) is 23.9 Å². The highest BCUT2D eigenvalue weighted by Crippen LogP contribution is 2.32. The van der Waals surface area contributed by atoms with E-state index in [1.165, 1.54) is 6.08 Å². The Morgan fingerprint density at radius 3 is 2.44 bits per heavy atom. The normalized spacial score (nSPS) is 13.9. The predicted molar refractivity (Wildman–Crippen MR) is 155 cm³/mol. The molecule has 0 saturated carbocycles. The van der Waals surface area contributed by atoms with Crippen LogP contribution in [-0.2, 0) is 15.0 Å². The lowest BCUT2D eigenvalue weighted by Gasteiger charge is -2.34. The fraction of sp³-hybridized carbons (Fsp3) is 0.310. The summed E-state index contributed by atoms with van der Waals surface area (Å²) in [5.74, 6) is 0.452. The van der Waals surface area contributed by atoms with Crippen LogP contribution in [-0.4, -0.2) is 67.0 Å². The van der Waals surface area contributed by atoms with E-state index in [0.29, 0.717) is 28.8 Å². The van der Waals surface area contributed by atoms with Crippen molar-refractivity contribution in [2.75, 3.05) is 61.2 Å². The number of nitrogens with one attached hydrogen (secondary N) is 3. The molecule has 1 aromatic heterocycles. The number of benzene rings is 2. The van der Waals surface area contributed by atoms with Gasteiger partial charge in [0.25, 0.3) is 0 Å². The first-order valence-electron chi connectivity index (χ1n) is 12.8. The molecule has 0 spiro atoms. The van der Waals surface area contributed by atoms with Crippen molar-refractivity contribution in [2.24, 2.45) is 0 Å². The van der Waals surface area contributed by atoms with Crippen molar-refractivity contribution in [3.63, 3.8) is 0 Å². The first-order chi connectivity index (χ1) is 18.7. The van der Waals surface area contributed by atoms with Gasteiger partial charge in [0.1, 0.15) is 5.75 Å². The summed E-state index contributed by atoms with van der Waals surface area (Å²) in [7, 11) is 3.77. The minimum Gasteiger partial charge on any atom is -0.494 e. The van der Waals surface area contributed by atoms with E-state index >= 15 is 0 Å². The first kappa shape index (κ1) is 27.6. The van der Waals surface area contributed by atoms with Crippen LogP contribution in [0.1, 0.15) is 19.5 Å². The van der Waals surface area contributed by atoms with E-state index in [-0.39, 0.29) is 11.8 Å². The summed E-state index contributed by atoms with van der Waals surface area (Å²) >= 11 is 0. The zero-order chi connectivity index (χ0) is 28.0. The fourth-order valence-corrected chi connectivity index (χ4v) is 4.20. The summed E-state index contributed by atoms with van der Waals surface area (Å²) in [5.41, 5.74) is 2.50. The Morgan fingerprint density at radius 2 is 1.74 bits per heavy atom. The van der Waals surface area contributed by atoms with Gasteiger partial charge in [0, 0.05) is 55.5 Å². The molecular weight excluding hydrogens is 494 g/mol. The molecule has 0 unspecified atom stereocenters. The number of ether oxygens (including phenoxy) is 1. The highest BCUT2D eigenvalue weighted by Gasteiger charge is 2.32. The number of amides is 2. The molecule has 0 aliphatic carbocycles. The van der Waals surface area contributed by atoms with Crippen molar-refractivity contribution in [1.29, 1.82) is 0 Å². The summed E-state index contributed by atoms with van der Waals surface area (Å²) in [6.45, 7) is 11.0. The monoisotopic (exact) mass is 529 g/mol. The topological polar surface area (TPSA) is 112 Å². The van der Waals surface area contributed by atoms with Crippen molar-refractivity contribution < 1.29 is 14.3 Å². The lowest BCUT2D eigenvalue weighted by Crippen LogP contribution is -2.44. The number of methoxy groups -OCH3 is 1. The van der Waals surface area contributed by atoms with Crippen LogP contribution in [0.2, 0.25) is 0 Å². The standard InChI is InChI=1S/C29H35N7O3/c1-6-26(37)31-20-8-7-9-21(18-20)32-27(38)29(2,3)25-12-13-30-28(34-25)33-23-11-10-22(19-24(23)39-5)36-16-14-35(4)15-17-36/h6-13,18-19H,1,14-17H2,2-5H3,(H,31,37)(H,32,38)(H,30,33,34). The second-order valence-electron chi connectivity index (χ2n) is 9.92. The zero-order valence-electron chi connectivity index (χ0n) is 22.8. The highest BCUT2D eigenvalue weighted by atomic mass is 16.5. The number of hydrogen-bond donors (Lipinski definition) is 3. The summed E-state index contributed by atoms with van der Waals surface area (Å²) in [6.07, 6.45) is 2.81. The van der Waals surface area contributed by atoms with Gasteiger partial charge in [-0.15, -0.1) is 0 Å². The number of likely N-dealkylation sites (N-methyl/N-ethyl adjacent to an activating group) is 1. The molecule has 10 heteroatoms. The van der Waals surface area contributed by atoms with Crippen LogP contribution >= 0.6 is 0 Å². The molecule has 10 nitrogen and oxygen atoms in total. The molecule has 0 atom stereocenters. The fourth-order valence-electron chi connectivity index (χ4n) is 4.20. The predicted octanol–water partition coefficient (Wildman–Crippen LogP) is 4.02. The molecule has 2 aromatic carbocycles. The summed E-state index contributed by atoms with van der Waals surface area (Å²) in [4.78, 5) is 38.6. The van der Waals surface area contributed by atoms with Crippen molar-refractivity contribution >= 4 is 40.5 Å². The minimum atomic E-state index is -0.977. The number of carbonyl (C=O) groups excluding carboxylic acids is 2. The van der Waals surface area contributed by atoms with Crippen LogP contribution in [0, 0.1) is 0 Å². The van der Waals surface area contributed by atoms with Crippen LogP contribution < -0.4 is 25.6 Å². The lowest BCUT2D eigenvalue weighted by atomic mass is 9.88. The Labute approximate surface area is 229 Å². The highest BCUT2D eigenvalue weighted by molar-refractivity contribution is 6.01. The average Bonchev–Trinajstić information content (AvgIpc) is 2.94. The molecule has 1 aliphatic rings. The maximum atomic E-state index is 13.3. The second-order valence-corrected chi connectivity index (χ2v) is 9.92. The Balaban J connectivity index is 1.48. The molecule has 1 fully saturated rings. The van der Waals surface area contributed by atoms with Crippen molar-refractivity contribution in [3.8, 4) is 5.75 Å². The van der Waals surface area contributed by atoms with Gasteiger partial charge in [0.2, 0.25) is 17.8 Å². The third-order valence-electron chi connectivity index (χ3n) is 6.74. The van der Waals surface area contributed by atoms with Gasteiger partial charge in [-0.05, 0) is 63.4 Å². The first-order valence-corrected chi connectivity index (χ1v) is 12.8. The molecule has 2 heterocycles. The number of piperazine rings is 1. The van der Waals surface area contributed by atoms with E-state index < -0.39 is 5.41 Å². The van der Waals surface area contributed by atoms with Gasteiger partial charge in [-0.3, -0.25) is 9.59 Å². The second kappa shape index (κ2) is 12.0. The third-order valence-corrected chi connectivity index (χ3v) is 6.74. The van der Waals surface area contributed by atoms with E-state index in [1.54, 1.807) is 57.5 Å². The van der Waals surface area contributed by atoms with E-state index in [9.17, 15) is 9.59 Å². The molecule has 39 heavy (non-hydrogen) atoms. The van der Waals surface area contributed by atoms with Crippen LogP contribution in [0.15, 0.2) is 67.4 Å². The Hall–Kier alpha value is -4.44. The summed E-state index contributed by atoms with van der Waals surface area (Å²) in [6, 6.07) is 14.7. The van der Waals surface area contributed by atoms with E-state index in [0.717, 1.165) is 37.6 Å². The number of aromatic nitrogens is 2. The molecular formula is C29H35N7O3. The maximum Gasteiger partial charge on any atom is 0.247 e. The number of nitrogens with zero attached hydrogens (tertiary/aromatic N) is 4. The molecule has 2 amide bonds. The Morgan fingerprint density at radius 1 is 1.03 bits per heavy atom. The molecule has 0 bridgehead atoms. The minimum absolute atomic E-state index is 0.256. The summed E-state index contributed by atoms with van der Waals surface area (Å²) in [5, 5.41) is 8.84. The lowest BCUT2D eigenvalue weighted by molar-refractivity contribution is -0.120. The smallest absolute Gasteiger partial charge is 0.247 e. The molecule has 0 radical (unpaired) electrons. The van der Waals surface area contributed by atoms with Crippen LogP contribution in [0.4, 0.5) is 28.7 Å². The number of hydrogen-bond acceptors (Lipinski definition) is 8. The Bertz CT molecular complexity index is 1350. The van der Waals surface area contributed by atoms with Crippen LogP contribution in [0.3, 0.4) is 0 Å². The summed E-state index contributed by atoms with van der Waals surface area (Å²) < 4.78 is 5.66. The molecule has 3 aromatic rings. The number of anilines is 5. The molecule has 3 N–H and O–H groups in total. The quantitative estimate of drug-likeness (QED) is 0.357. The number of rotatable bonds is 9. The molecule has 204 valence electrons.